The van der Waals surface area contributed by atoms with Gasteiger partial charge in [-0.15, -0.1) is 0 Å². The second-order valence-electron chi connectivity index (χ2n) is 15.4. The number of nitrogens with zero attached hydrogens (tertiary/aromatic N) is 6. The number of fused-ring (bicyclic) bond motifs is 1. The smallest absolute Gasteiger partial charge is 0.338 e. The second kappa shape index (κ2) is 22.7. The highest BCUT2D eigenvalue weighted by molar-refractivity contribution is 5.89. The van der Waals surface area contributed by atoms with Crippen molar-refractivity contribution in [2.24, 2.45) is 10.9 Å². The summed E-state index contributed by atoms with van der Waals surface area (Å²) in [4.78, 5) is 57.0. The molecule has 0 radical (unpaired) electrons. The van der Waals surface area contributed by atoms with Crippen molar-refractivity contribution in [2.45, 2.75) is 135 Å². The van der Waals surface area contributed by atoms with Crippen LogP contribution in [0.15, 0.2) is 48.0 Å². The van der Waals surface area contributed by atoms with E-state index in [-0.39, 0.29) is 29.9 Å². The summed E-state index contributed by atoms with van der Waals surface area (Å²) in [6.45, 7) is 8.74. The summed E-state index contributed by atoms with van der Waals surface area (Å²) in [5.74, 6) is -0.516. The van der Waals surface area contributed by atoms with E-state index in [1.807, 2.05) is 40.9 Å². The lowest BCUT2D eigenvalue weighted by molar-refractivity contribution is -0.249. The Bertz CT molecular complexity index is 1810. The Morgan fingerprint density at radius 2 is 1.66 bits per heavy atom. The summed E-state index contributed by atoms with van der Waals surface area (Å²) in [6, 6.07) is 8.06. The minimum atomic E-state index is -0.912. The van der Waals surface area contributed by atoms with Gasteiger partial charge in [0, 0.05) is 53.1 Å². The number of aliphatic hydroxyl groups excluding tert-OH is 1. The minimum Gasteiger partial charge on any atom is -0.456 e. The molecule has 0 saturated carbocycles. The molecule has 5 rings (SSSR count). The number of aliphatic imine (C=N–C) groups is 1. The molecule has 59 heavy (non-hydrogen) atoms. The van der Waals surface area contributed by atoms with Gasteiger partial charge in [-0.3, -0.25) is 14.2 Å². The predicted octanol–water partition coefficient (Wildman–Crippen LogP) is 4.47. The molecule has 0 spiro atoms. The van der Waals surface area contributed by atoms with Gasteiger partial charge in [-0.05, 0) is 50.7 Å². The first-order chi connectivity index (χ1) is 28.5. The molecule has 1 aromatic carbocycles. The molecule has 3 aromatic rings. The SMILES string of the molecule is CC[C@H]1O[C@@H](n2cnc3c(/N=C\N(C)C)ncnc32)[C@@H](O)C1OCCCCCCNC(=O)CCCCO[C@@H]1O[C@H](CC)[C@H](C)[C@H](OC(=O)c2ccccc2)[C@H]1NC(C)=O. The van der Waals surface area contributed by atoms with Gasteiger partial charge in [0.15, 0.2) is 29.5 Å². The van der Waals surface area contributed by atoms with Crippen LogP contribution in [0.5, 0.6) is 0 Å². The van der Waals surface area contributed by atoms with E-state index in [1.165, 1.54) is 13.3 Å². The number of unbranched alkanes of at least 4 members (excludes halogenated alkanes) is 4. The molecule has 324 valence electrons. The molecule has 3 N–H and O–H groups in total. The fourth-order valence-corrected chi connectivity index (χ4v) is 7.49. The molecule has 0 bridgehead atoms. The molecule has 2 saturated heterocycles. The largest absolute Gasteiger partial charge is 0.456 e. The Hall–Kier alpha value is -4.55. The van der Waals surface area contributed by atoms with Gasteiger partial charge in [-0.1, -0.05) is 51.8 Å². The number of carbonyl (C=O) groups excluding carboxylic acids is 3. The first-order valence-electron chi connectivity index (χ1n) is 20.9. The van der Waals surface area contributed by atoms with Crippen molar-refractivity contribution in [3.8, 4) is 0 Å². The Morgan fingerprint density at radius 1 is 0.932 bits per heavy atom. The summed E-state index contributed by atoms with van der Waals surface area (Å²) >= 11 is 0. The third-order valence-electron chi connectivity index (χ3n) is 10.6. The lowest BCUT2D eigenvalue weighted by Crippen LogP contribution is -2.62. The van der Waals surface area contributed by atoms with Crippen molar-refractivity contribution in [2.75, 3.05) is 33.9 Å². The lowest BCUT2D eigenvalue weighted by atomic mass is 9.87. The predicted molar refractivity (Wildman–Crippen MR) is 220 cm³/mol. The van der Waals surface area contributed by atoms with E-state index in [1.54, 1.807) is 46.4 Å². The first kappa shape index (κ1) is 45.5. The molecule has 2 aliphatic rings. The zero-order valence-electron chi connectivity index (χ0n) is 35.2. The topological polar surface area (TPSA) is 201 Å². The highest BCUT2D eigenvalue weighted by atomic mass is 16.7. The van der Waals surface area contributed by atoms with Crippen LogP contribution in [0.25, 0.3) is 11.2 Å². The molecular formula is C42H62N8O9. The molecule has 9 atom stereocenters. The van der Waals surface area contributed by atoms with Crippen LogP contribution in [-0.2, 0) is 33.3 Å². The number of hydrogen-bond donors (Lipinski definition) is 3. The monoisotopic (exact) mass is 822 g/mol. The van der Waals surface area contributed by atoms with Gasteiger partial charge >= 0.3 is 5.97 Å². The maximum absolute atomic E-state index is 13.0. The standard InChI is InChI=1S/C42H62N8O9/c1-7-30-27(3)36(59-41(54)29-18-12-11-13-19-29)33(48-28(4)51)42(58-30)56-23-17-14-20-32(52)43-21-15-9-10-16-22-55-37-31(8-2)57-40(35(37)53)50-26-46-34-38(47-25-49(5)6)44-24-45-39(34)50/h11-13,18-19,24-27,30-31,33,35-37,40,42,53H,7-10,14-17,20-23H2,1-6H3,(H,43,52)(H,48,51)/b47-25-/t27-,30+,31+,33+,35-,36-,37?,40+,42+/m0/s1. The number of carbonyl (C=O) groups is 3. The quantitative estimate of drug-likeness (QED) is 0.0556. The second-order valence-corrected chi connectivity index (χ2v) is 15.4. The van der Waals surface area contributed by atoms with E-state index < -0.39 is 42.8 Å². The Balaban J connectivity index is 0.966. The van der Waals surface area contributed by atoms with Gasteiger partial charge in [0.05, 0.1) is 30.4 Å². The molecule has 1 unspecified atom stereocenters. The van der Waals surface area contributed by atoms with Gasteiger partial charge in [0.2, 0.25) is 11.8 Å². The number of amides is 2. The number of ether oxygens (including phenoxy) is 5. The molecule has 2 amide bonds. The maximum Gasteiger partial charge on any atom is 0.338 e. The number of nitrogens with one attached hydrogen (secondary N) is 2. The molecule has 2 fully saturated rings. The van der Waals surface area contributed by atoms with Crippen LogP contribution in [0, 0.1) is 5.92 Å². The highest BCUT2D eigenvalue weighted by Gasteiger charge is 2.47. The van der Waals surface area contributed by atoms with Crippen molar-refractivity contribution in [1.29, 1.82) is 0 Å². The average Bonchev–Trinajstić information content (AvgIpc) is 3.80. The zero-order chi connectivity index (χ0) is 42.3. The molecule has 4 heterocycles. The lowest BCUT2D eigenvalue weighted by Gasteiger charge is -2.45. The zero-order valence-corrected chi connectivity index (χ0v) is 35.2. The molecule has 2 aromatic heterocycles. The number of hydrogen-bond acceptors (Lipinski definition) is 13. The van der Waals surface area contributed by atoms with Crippen LogP contribution in [0.4, 0.5) is 5.82 Å². The van der Waals surface area contributed by atoms with Gasteiger partial charge < -0.3 is 44.3 Å². The highest BCUT2D eigenvalue weighted by Crippen LogP contribution is 2.36. The number of aliphatic hydroxyl groups is 1. The Labute approximate surface area is 346 Å². The fourth-order valence-electron chi connectivity index (χ4n) is 7.49. The van der Waals surface area contributed by atoms with Gasteiger partial charge in [-0.25, -0.2) is 24.7 Å². The van der Waals surface area contributed by atoms with E-state index in [4.69, 9.17) is 23.7 Å². The summed E-state index contributed by atoms with van der Waals surface area (Å²) in [6.07, 6.45) is 7.02. The first-order valence-corrected chi connectivity index (χ1v) is 20.9. The van der Waals surface area contributed by atoms with E-state index in [0.29, 0.717) is 74.4 Å². The molecule has 17 heteroatoms. The van der Waals surface area contributed by atoms with E-state index >= 15 is 0 Å². The van der Waals surface area contributed by atoms with Crippen LogP contribution in [0.2, 0.25) is 0 Å². The normalized spacial score (nSPS) is 25.6. The Kier molecular flexibility index (Phi) is 17.5. The number of esters is 1. The van der Waals surface area contributed by atoms with E-state index in [0.717, 1.165) is 25.7 Å². The van der Waals surface area contributed by atoms with Crippen molar-refractivity contribution in [3.63, 3.8) is 0 Å². The van der Waals surface area contributed by atoms with Gasteiger partial charge in [0.1, 0.15) is 30.7 Å². The van der Waals surface area contributed by atoms with Crippen LogP contribution in [-0.4, -0.2) is 130 Å². The maximum atomic E-state index is 13.0. The van der Waals surface area contributed by atoms with Crippen molar-refractivity contribution < 1.29 is 43.2 Å². The van der Waals surface area contributed by atoms with Crippen LogP contribution < -0.4 is 10.6 Å². The van der Waals surface area contributed by atoms with E-state index in [9.17, 15) is 19.5 Å². The summed E-state index contributed by atoms with van der Waals surface area (Å²) in [5, 5.41) is 17.2. The van der Waals surface area contributed by atoms with Crippen LogP contribution >= 0.6 is 0 Å². The number of aromatic nitrogens is 4. The third kappa shape index (κ3) is 12.5. The van der Waals surface area contributed by atoms with Crippen molar-refractivity contribution in [3.05, 3.63) is 48.5 Å². The molecular weight excluding hydrogens is 761 g/mol. The minimum absolute atomic E-state index is 0.0174. The fraction of sp³-hybridized carbons (Fsp3) is 0.643. The average molecular weight is 823 g/mol. The Morgan fingerprint density at radius 3 is 2.39 bits per heavy atom. The molecule has 2 aliphatic heterocycles. The van der Waals surface area contributed by atoms with Crippen molar-refractivity contribution >= 4 is 41.1 Å². The summed E-state index contributed by atoms with van der Waals surface area (Å²) in [7, 11) is 3.74. The third-order valence-corrected chi connectivity index (χ3v) is 10.6. The van der Waals surface area contributed by atoms with E-state index in [2.05, 4.69) is 30.6 Å². The molecule has 17 nitrogen and oxygen atoms in total. The van der Waals surface area contributed by atoms with Crippen molar-refractivity contribution in [1.82, 2.24) is 35.1 Å². The van der Waals surface area contributed by atoms with Gasteiger partial charge in [0.25, 0.3) is 0 Å². The summed E-state index contributed by atoms with van der Waals surface area (Å²) < 4.78 is 32.5. The number of imidazole rings is 1. The van der Waals surface area contributed by atoms with Crippen LogP contribution in [0.1, 0.15) is 102 Å². The van der Waals surface area contributed by atoms with Crippen LogP contribution in [0.3, 0.4) is 0 Å². The summed E-state index contributed by atoms with van der Waals surface area (Å²) in [5.41, 5.74) is 1.47. The van der Waals surface area contributed by atoms with Gasteiger partial charge in [-0.2, -0.15) is 0 Å². The number of benzene rings is 1. The number of rotatable bonds is 22. The molecule has 0 aliphatic carbocycles.